The van der Waals surface area contributed by atoms with E-state index in [0.29, 0.717) is 19.1 Å². The minimum atomic E-state index is 0.0268. The molecule has 1 amide bonds. The molecular weight excluding hydrogens is 202 g/mol. The second-order valence-electron chi connectivity index (χ2n) is 4.51. The minimum Gasteiger partial charge on any atom is -0.355 e. The number of hydrogen-bond donors (Lipinski definition) is 2. The van der Waals surface area contributed by atoms with E-state index in [1.54, 1.807) is 0 Å². The van der Waals surface area contributed by atoms with Crippen LogP contribution in [0.25, 0.3) is 0 Å². The molecule has 0 aromatic carbocycles. The van der Waals surface area contributed by atoms with Gasteiger partial charge in [-0.15, -0.1) is 0 Å². The molecule has 96 valence electrons. The van der Waals surface area contributed by atoms with Gasteiger partial charge >= 0.3 is 0 Å². The summed E-state index contributed by atoms with van der Waals surface area (Å²) >= 11 is 0. The van der Waals surface area contributed by atoms with Crippen LogP contribution in [0.5, 0.6) is 0 Å². The van der Waals surface area contributed by atoms with Crippen molar-refractivity contribution < 1.29 is 4.79 Å². The van der Waals surface area contributed by atoms with Gasteiger partial charge in [-0.05, 0) is 33.4 Å². The van der Waals surface area contributed by atoms with Gasteiger partial charge in [0.25, 0.3) is 0 Å². The van der Waals surface area contributed by atoms with E-state index in [4.69, 9.17) is 5.73 Å². The number of hydrogen-bond acceptors (Lipinski definition) is 3. The fourth-order valence-corrected chi connectivity index (χ4v) is 1.44. The molecule has 0 spiro atoms. The normalized spacial score (nSPS) is 14.9. The molecule has 0 aliphatic carbocycles. The Morgan fingerprint density at radius 2 is 2.06 bits per heavy atom. The summed E-state index contributed by atoms with van der Waals surface area (Å²) < 4.78 is 0. The topological polar surface area (TPSA) is 58.4 Å². The first kappa shape index (κ1) is 15.4. The molecule has 0 aromatic rings. The number of likely N-dealkylation sites (N-methyl/N-ethyl adjacent to an activating group) is 1. The average molecular weight is 229 g/mol. The van der Waals surface area contributed by atoms with Crippen molar-refractivity contribution in [3.05, 3.63) is 0 Å². The zero-order chi connectivity index (χ0) is 12.6. The second-order valence-corrected chi connectivity index (χ2v) is 4.51. The maximum absolute atomic E-state index is 11.6. The summed E-state index contributed by atoms with van der Waals surface area (Å²) in [7, 11) is 2.09. The van der Waals surface area contributed by atoms with E-state index in [1.165, 1.54) is 0 Å². The third kappa shape index (κ3) is 6.08. The van der Waals surface area contributed by atoms with Crippen molar-refractivity contribution in [2.45, 2.75) is 39.7 Å². The van der Waals surface area contributed by atoms with Crippen molar-refractivity contribution in [1.29, 1.82) is 0 Å². The van der Waals surface area contributed by atoms with Crippen LogP contribution in [-0.4, -0.2) is 43.5 Å². The van der Waals surface area contributed by atoms with Crippen molar-refractivity contribution >= 4 is 5.91 Å². The summed E-state index contributed by atoms with van der Waals surface area (Å²) in [6, 6.07) is 0.568. The molecule has 0 heterocycles. The van der Waals surface area contributed by atoms with Crippen LogP contribution in [-0.2, 0) is 4.79 Å². The van der Waals surface area contributed by atoms with Crippen LogP contribution in [0.15, 0.2) is 0 Å². The molecule has 0 radical (unpaired) electrons. The molecule has 0 bridgehead atoms. The van der Waals surface area contributed by atoms with Gasteiger partial charge in [-0.25, -0.2) is 0 Å². The van der Waals surface area contributed by atoms with E-state index in [1.807, 2.05) is 6.92 Å². The zero-order valence-electron chi connectivity index (χ0n) is 11.1. The molecule has 4 heteroatoms. The molecule has 0 aromatic heterocycles. The first-order chi connectivity index (χ1) is 7.52. The fraction of sp³-hybridized carbons (Fsp3) is 0.917. The highest BCUT2D eigenvalue weighted by Crippen LogP contribution is 2.00. The van der Waals surface area contributed by atoms with Gasteiger partial charge in [-0.1, -0.05) is 13.8 Å². The van der Waals surface area contributed by atoms with Crippen LogP contribution in [0, 0.1) is 5.92 Å². The molecule has 16 heavy (non-hydrogen) atoms. The van der Waals surface area contributed by atoms with Gasteiger partial charge in [-0.3, -0.25) is 4.79 Å². The van der Waals surface area contributed by atoms with Gasteiger partial charge in [-0.2, -0.15) is 0 Å². The van der Waals surface area contributed by atoms with Gasteiger partial charge in [0.1, 0.15) is 0 Å². The quantitative estimate of drug-likeness (QED) is 0.648. The highest BCUT2D eigenvalue weighted by Gasteiger charge is 2.12. The maximum atomic E-state index is 11.6. The third-order valence-electron chi connectivity index (χ3n) is 3.15. The van der Waals surface area contributed by atoms with Gasteiger partial charge in [0.2, 0.25) is 5.91 Å². The Bertz CT molecular complexity index is 197. The number of carbonyl (C=O) groups is 1. The summed E-state index contributed by atoms with van der Waals surface area (Å²) in [5.74, 6) is 0.141. The second kappa shape index (κ2) is 8.53. The molecule has 0 rings (SSSR count). The highest BCUT2D eigenvalue weighted by atomic mass is 16.1. The molecule has 0 fully saturated rings. The molecule has 4 nitrogen and oxygen atoms in total. The number of carbonyl (C=O) groups excluding carboxylic acids is 1. The van der Waals surface area contributed by atoms with Crippen LogP contribution in [0.3, 0.4) is 0 Å². The first-order valence-electron chi connectivity index (χ1n) is 6.20. The predicted octanol–water partition coefficient (Wildman–Crippen LogP) is 0.818. The van der Waals surface area contributed by atoms with Crippen molar-refractivity contribution in [2.75, 3.05) is 26.7 Å². The molecule has 0 aliphatic heterocycles. The fourth-order valence-electron chi connectivity index (χ4n) is 1.44. The van der Waals surface area contributed by atoms with E-state index < -0.39 is 0 Å². The van der Waals surface area contributed by atoms with Crippen LogP contribution >= 0.6 is 0 Å². The molecule has 3 N–H and O–H groups in total. The van der Waals surface area contributed by atoms with Crippen LogP contribution < -0.4 is 11.1 Å². The number of nitrogens with two attached hydrogens (primary N) is 1. The van der Waals surface area contributed by atoms with E-state index in [9.17, 15) is 4.79 Å². The van der Waals surface area contributed by atoms with E-state index in [0.717, 1.165) is 19.4 Å². The number of amides is 1. The molecule has 0 aliphatic rings. The van der Waals surface area contributed by atoms with Crippen molar-refractivity contribution in [3.63, 3.8) is 0 Å². The number of rotatable bonds is 8. The van der Waals surface area contributed by atoms with Crippen molar-refractivity contribution in [1.82, 2.24) is 10.2 Å². The largest absolute Gasteiger partial charge is 0.355 e. The van der Waals surface area contributed by atoms with Gasteiger partial charge in [0.05, 0.1) is 0 Å². The molecule has 2 unspecified atom stereocenters. The standard InChI is InChI=1S/C12H27N3O/c1-5-11(3)15(4)9-8-14-12(16)10(2)6-7-13/h10-11H,5-9,13H2,1-4H3,(H,14,16). The number of nitrogens with zero attached hydrogens (tertiary/aromatic N) is 1. The maximum Gasteiger partial charge on any atom is 0.222 e. The lowest BCUT2D eigenvalue weighted by Gasteiger charge is -2.23. The van der Waals surface area contributed by atoms with Crippen molar-refractivity contribution in [2.24, 2.45) is 11.7 Å². The summed E-state index contributed by atoms with van der Waals surface area (Å²) in [6.07, 6.45) is 1.89. The highest BCUT2D eigenvalue weighted by molar-refractivity contribution is 5.78. The van der Waals surface area contributed by atoms with Gasteiger partial charge < -0.3 is 16.0 Å². The minimum absolute atomic E-state index is 0.0268. The lowest BCUT2D eigenvalue weighted by molar-refractivity contribution is -0.124. The van der Waals surface area contributed by atoms with E-state index in [-0.39, 0.29) is 11.8 Å². The summed E-state index contributed by atoms with van der Waals surface area (Å²) in [5.41, 5.74) is 5.41. The lowest BCUT2D eigenvalue weighted by Crippen LogP contribution is -2.39. The summed E-state index contributed by atoms with van der Waals surface area (Å²) in [4.78, 5) is 13.8. The average Bonchev–Trinajstić information content (AvgIpc) is 2.27. The van der Waals surface area contributed by atoms with E-state index in [2.05, 4.69) is 31.1 Å². The monoisotopic (exact) mass is 229 g/mol. The van der Waals surface area contributed by atoms with Crippen molar-refractivity contribution in [3.8, 4) is 0 Å². The smallest absolute Gasteiger partial charge is 0.222 e. The van der Waals surface area contributed by atoms with Crippen LogP contribution in [0.1, 0.15) is 33.6 Å². The van der Waals surface area contributed by atoms with Gasteiger partial charge in [0.15, 0.2) is 0 Å². The molecular formula is C12H27N3O. The van der Waals surface area contributed by atoms with E-state index >= 15 is 0 Å². The Kier molecular flexibility index (Phi) is 8.21. The molecule has 0 saturated heterocycles. The Morgan fingerprint density at radius 1 is 1.44 bits per heavy atom. The Hall–Kier alpha value is -0.610. The predicted molar refractivity (Wildman–Crippen MR) is 68.2 cm³/mol. The van der Waals surface area contributed by atoms with Gasteiger partial charge in [0, 0.05) is 25.0 Å². The Morgan fingerprint density at radius 3 is 2.56 bits per heavy atom. The van der Waals surface area contributed by atoms with Crippen LogP contribution in [0.2, 0.25) is 0 Å². The Labute approximate surface area is 99.6 Å². The SMILES string of the molecule is CCC(C)N(C)CCNC(=O)C(C)CCN. The number of nitrogens with one attached hydrogen (secondary N) is 1. The first-order valence-corrected chi connectivity index (χ1v) is 6.20. The summed E-state index contributed by atoms with van der Waals surface area (Å²) in [5, 5.41) is 2.94. The Balaban J connectivity index is 3.69. The zero-order valence-corrected chi connectivity index (χ0v) is 11.1. The van der Waals surface area contributed by atoms with Crippen LogP contribution in [0.4, 0.5) is 0 Å². The molecule has 2 atom stereocenters. The lowest BCUT2D eigenvalue weighted by atomic mass is 10.1. The third-order valence-corrected chi connectivity index (χ3v) is 3.15. The summed E-state index contributed by atoms with van der Waals surface area (Å²) in [6.45, 7) is 8.47. The molecule has 0 saturated carbocycles.